The van der Waals surface area contributed by atoms with E-state index in [1.807, 2.05) is 0 Å². The van der Waals surface area contributed by atoms with Crippen molar-refractivity contribution in [2.75, 3.05) is 18.6 Å². The molecular weight excluding hydrogens is 352 g/mol. The first-order valence-corrected chi connectivity index (χ1v) is 10.8. The van der Waals surface area contributed by atoms with E-state index in [0.29, 0.717) is 16.9 Å². The molecule has 28 heavy (non-hydrogen) atoms. The average Bonchev–Trinajstić information content (AvgIpc) is 2.94. The van der Waals surface area contributed by atoms with Gasteiger partial charge < -0.3 is 10.1 Å². The van der Waals surface area contributed by atoms with Crippen LogP contribution in [0.5, 0.6) is 5.75 Å². The van der Waals surface area contributed by atoms with E-state index in [0.717, 1.165) is 30.7 Å². The Morgan fingerprint density at radius 2 is 1.64 bits per heavy atom. The Balaban J connectivity index is 1.20. The number of hydrogen-bond donors (Lipinski definition) is 1. The number of methoxy groups -OCH3 is 1. The smallest absolute Gasteiger partial charge is 0.251 e. The molecule has 0 unspecified atom stereocenters. The number of imide groups is 1. The third-order valence-electron chi connectivity index (χ3n) is 7.69. The van der Waals surface area contributed by atoms with Crippen LogP contribution in [0, 0.1) is 23.2 Å². The molecular formula is C23H30N2O3. The van der Waals surface area contributed by atoms with Crippen molar-refractivity contribution >= 4 is 17.5 Å². The van der Waals surface area contributed by atoms with E-state index >= 15 is 0 Å². The van der Waals surface area contributed by atoms with E-state index in [4.69, 9.17) is 4.74 Å². The maximum absolute atomic E-state index is 12.8. The Morgan fingerprint density at radius 1 is 1.04 bits per heavy atom. The minimum absolute atomic E-state index is 0.123. The molecule has 5 fully saturated rings. The van der Waals surface area contributed by atoms with Gasteiger partial charge in [0, 0.05) is 0 Å². The van der Waals surface area contributed by atoms with Crippen molar-refractivity contribution < 1.29 is 14.3 Å². The van der Waals surface area contributed by atoms with Crippen LogP contribution in [0.2, 0.25) is 0 Å². The molecule has 1 N–H and O–H groups in total. The molecule has 1 heterocycles. The summed E-state index contributed by atoms with van der Waals surface area (Å²) in [5, 5.41) is 3.42. The summed E-state index contributed by atoms with van der Waals surface area (Å²) >= 11 is 0. The number of carbonyl (C=O) groups is 2. The fraction of sp³-hybridized carbons (Fsp3) is 0.652. The van der Waals surface area contributed by atoms with Crippen LogP contribution in [0.1, 0.15) is 51.4 Å². The van der Waals surface area contributed by atoms with E-state index in [-0.39, 0.29) is 24.3 Å². The highest BCUT2D eigenvalue weighted by molar-refractivity contribution is 6.22. The Labute approximate surface area is 166 Å². The van der Waals surface area contributed by atoms with Crippen molar-refractivity contribution in [3.8, 4) is 5.75 Å². The van der Waals surface area contributed by atoms with E-state index in [2.05, 4.69) is 5.32 Å². The third-order valence-corrected chi connectivity index (χ3v) is 7.69. The number of ether oxygens (including phenoxy) is 1. The monoisotopic (exact) mass is 382 g/mol. The van der Waals surface area contributed by atoms with Gasteiger partial charge in [0.1, 0.15) is 5.75 Å². The van der Waals surface area contributed by atoms with Gasteiger partial charge in [0.2, 0.25) is 5.91 Å². The average molecular weight is 383 g/mol. The molecule has 4 bridgehead atoms. The van der Waals surface area contributed by atoms with E-state index < -0.39 is 0 Å². The summed E-state index contributed by atoms with van der Waals surface area (Å²) in [6.07, 6.45) is 9.93. The van der Waals surface area contributed by atoms with Crippen molar-refractivity contribution in [1.82, 2.24) is 5.32 Å². The second-order valence-corrected chi connectivity index (χ2v) is 9.64. The lowest BCUT2D eigenvalue weighted by atomic mass is 9.49. The lowest BCUT2D eigenvalue weighted by Crippen LogP contribution is -2.48. The molecule has 5 aliphatic rings. The van der Waals surface area contributed by atoms with Crippen molar-refractivity contribution in [3.05, 3.63) is 24.3 Å². The zero-order valence-corrected chi connectivity index (χ0v) is 16.7. The molecule has 5 nitrogen and oxygen atoms in total. The highest BCUT2D eigenvalue weighted by Gasteiger charge is 2.50. The van der Waals surface area contributed by atoms with E-state index in [1.165, 1.54) is 43.4 Å². The zero-order chi connectivity index (χ0) is 19.3. The van der Waals surface area contributed by atoms with Gasteiger partial charge in [0.05, 0.1) is 25.3 Å². The number of nitrogens with one attached hydrogen (secondary N) is 1. The molecule has 1 aromatic rings. The predicted octanol–water partition coefficient (Wildman–Crippen LogP) is 3.52. The molecule has 4 aliphatic carbocycles. The topological polar surface area (TPSA) is 58.6 Å². The maximum atomic E-state index is 12.8. The third kappa shape index (κ3) is 3.14. The van der Waals surface area contributed by atoms with Crippen molar-refractivity contribution in [1.29, 1.82) is 0 Å². The van der Waals surface area contributed by atoms with Gasteiger partial charge in [0.15, 0.2) is 0 Å². The molecule has 1 aliphatic heterocycles. The van der Waals surface area contributed by atoms with Crippen LogP contribution < -0.4 is 15.0 Å². The minimum atomic E-state index is -0.386. The molecule has 0 aromatic heterocycles. The summed E-state index contributed by atoms with van der Waals surface area (Å²) in [4.78, 5) is 26.6. The summed E-state index contributed by atoms with van der Waals surface area (Å²) in [5.41, 5.74) is 1.13. The van der Waals surface area contributed by atoms with Crippen LogP contribution >= 0.6 is 0 Å². The highest BCUT2D eigenvalue weighted by Crippen LogP contribution is 2.61. The molecule has 1 saturated heterocycles. The fourth-order valence-electron chi connectivity index (χ4n) is 6.90. The second-order valence-electron chi connectivity index (χ2n) is 9.64. The largest absolute Gasteiger partial charge is 0.497 e. The summed E-state index contributed by atoms with van der Waals surface area (Å²) in [6, 6.07) is 6.72. The molecule has 5 heteroatoms. The molecule has 150 valence electrons. The van der Waals surface area contributed by atoms with Crippen LogP contribution in [0.4, 0.5) is 5.69 Å². The first-order valence-electron chi connectivity index (χ1n) is 10.8. The van der Waals surface area contributed by atoms with Crippen LogP contribution in [-0.4, -0.2) is 31.5 Å². The van der Waals surface area contributed by atoms with Crippen molar-refractivity contribution in [2.45, 2.75) is 57.4 Å². The molecule has 1 aromatic carbocycles. The standard InChI is InChI=1S/C23H30N2O3/c1-28-19-4-2-18(3-5-19)25-21(26)11-20(22(25)27)24-7-6-23-12-15-8-16(13-23)10-17(9-15)14-23/h2-5,15-17,20,24H,6-14H2,1H3/t15?,16?,17?,20-,23?/m0/s1. The molecule has 1 atom stereocenters. The Bertz CT molecular complexity index is 737. The lowest BCUT2D eigenvalue weighted by Gasteiger charge is -2.57. The first kappa shape index (κ1) is 18.2. The van der Waals surface area contributed by atoms with Gasteiger partial charge in [-0.2, -0.15) is 0 Å². The van der Waals surface area contributed by atoms with Crippen LogP contribution in [0.3, 0.4) is 0 Å². The minimum Gasteiger partial charge on any atom is -0.497 e. The van der Waals surface area contributed by atoms with E-state index in [1.54, 1.807) is 31.4 Å². The van der Waals surface area contributed by atoms with Gasteiger partial charge in [-0.3, -0.25) is 9.59 Å². The van der Waals surface area contributed by atoms with Gasteiger partial charge >= 0.3 is 0 Å². The number of rotatable bonds is 6. The van der Waals surface area contributed by atoms with Gasteiger partial charge in [-0.05, 0) is 98.9 Å². The summed E-state index contributed by atoms with van der Waals surface area (Å²) < 4.78 is 5.16. The summed E-state index contributed by atoms with van der Waals surface area (Å²) in [5.74, 6) is 3.32. The Morgan fingerprint density at radius 3 is 2.21 bits per heavy atom. The molecule has 2 amide bonds. The van der Waals surface area contributed by atoms with Gasteiger partial charge in [-0.25, -0.2) is 4.90 Å². The van der Waals surface area contributed by atoms with Crippen LogP contribution in [-0.2, 0) is 9.59 Å². The second kappa shape index (κ2) is 6.87. The molecule has 6 rings (SSSR count). The maximum Gasteiger partial charge on any atom is 0.251 e. The zero-order valence-electron chi connectivity index (χ0n) is 16.7. The number of hydrogen-bond acceptors (Lipinski definition) is 4. The molecule has 0 radical (unpaired) electrons. The SMILES string of the molecule is COc1ccc(N2C(=O)C[C@H](NCCC34CC5CC(CC(C5)C3)C4)C2=O)cc1. The summed E-state index contributed by atoms with van der Waals surface area (Å²) in [7, 11) is 1.60. The Hall–Kier alpha value is -1.88. The van der Waals surface area contributed by atoms with Crippen LogP contribution in [0.15, 0.2) is 24.3 Å². The molecule has 0 spiro atoms. The fourth-order valence-corrected chi connectivity index (χ4v) is 6.90. The number of carbonyl (C=O) groups excluding carboxylic acids is 2. The number of benzene rings is 1. The summed E-state index contributed by atoms with van der Waals surface area (Å²) in [6.45, 7) is 0.840. The van der Waals surface area contributed by atoms with Crippen molar-refractivity contribution in [3.63, 3.8) is 0 Å². The van der Waals surface area contributed by atoms with Gasteiger partial charge in [-0.1, -0.05) is 0 Å². The van der Waals surface area contributed by atoms with Gasteiger partial charge in [-0.15, -0.1) is 0 Å². The Kier molecular flexibility index (Phi) is 4.46. The first-order chi connectivity index (χ1) is 13.5. The van der Waals surface area contributed by atoms with Crippen molar-refractivity contribution in [2.24, 2.45) is 23.2 Å². The predicted molar refractivity (Wildman–Crippen MR) is 107 cm³/mol. The van der Waals surface area contributed by atoms with E-state index in [9.17, 15) is 9.59 Å². The lowest BCUT2D eigenvalue weighted by molar-refractivity contribution is -0.121. The van der Waals surface area contributed by atoms with Crippen LogP contribution in [0.25, 0.3) is 0 Å². The number of anilines is 1. The van der Waals surface area contributed by atoms with Gasteiger partial charge in [0.25, 0.3) is 5.91 Å². The highest BCUT2D eigenvalue weighted by atomic mass is 16.5. The normalized spacial score (nSPS) is 36.4. The quantitative estimate of drug-likeness (QED) is 0.765. The number of nitrogens with zero attached hydrogens (tertiary/aromatic N) is 1. The molecule has 4 saturated carbocycles. The number of amides is 2.